The van der Waals surface area contributed by atoms with E-state index in [0.717, 1.165) is 18.4 Å². The van der Waals surface area contributed by atoms with Crippen molar-refractivity contribution in [2.24, 2.45) is 11.8 Å². The smallest absolute Gasteiger partial charge is 0.128 e. The fourth-order valence-electron chi connectivity index (χ4n) is 1.76. The van der Waals surface area contributed by atoms with Crippen LogP contribution in [0.5, 0.6) is 0 Å². The SMILES string of the molecule is CC1CCC(COC(C)Cl)CC1. The van der Waals surface area contributed by atoms with Gasteiger partial charge in [-0.05, 0) is 31.6 Å². The number of halogens is 1. The summed E-state index contributed by atoms with van der Waals surface area (Å²) in [4.78, 5) is 0. The summed E-state index contributed by atoms with van der Waals surface area (Å²) in [7, 11) is 0. The van der Waals surface area contributed by atoms with Crippen LogP contribution in [-0.4, -0.2) is 12.2 Å². The molecule has 0 spiro atoms. The standard InChI is InChI=1S/C10H19ClO/c1-8-3-5-10(6-4-8)7-12-9(2)11/h8-10H,3-7H2,1-2H3. The number of ether oxygens (including phenoxy) is 1. The normalized spacial score (nSPS) is 33.2. The van der Waals surface area contributed by atoms with Crippen LogP contribution in [0.2, 0.25) is 0 Å². The van der Waals surface area contributed by atoms with Gasteiger partial charge in [0.15, 0.2) is 0 Å². The third-order valence-electron chi connectivity index (χ3n) is 2.70. The van der Waals surface area contributed by atoms with Crippen molar-refractivity contribution in [3.05, 3.63) is 0 Å². The van der Waals surface area contributed by atoms with Crippen molar-refractivity contribution in [1.82, 2.24) is 0 Å². The van der Waals surface area contributed by atoms with Crippen molar-refractivity contribution >= 4 is 11.6 Å². The van der Waals surface area contributed by atoms with Gasteiger partial charge in [-0.25, -0.2) is 0 Å². The van der Waals surface area contributed by atoms with E-state index in [0.29, 0.717) is 0 Å². The lowest BCUT2D eigenvalue weighted by Crippen LogP contribution is -2.18. The highest BCUT2D eigenvalue weighted by Gasteiger charge is 2.18. The Morgan fingerprint density at radius 3 is 2.42 bits per heavy atom. The van der Waals surface area contributed by atoms with Gasteiger partial charge in [-0.1, -0.05) is 31.4 Å². The minimum Gasteiger partial charge on any atom is -0.363 e. The maximum atomic E-state index is 5.70. The second-order valence-electron chi connectivity index (χ2n) is 4.00. The maximum absolute atomic E-state index is 5.70. The molecule has 0 aromatic rings. The van der Waals surface area contributed by atoms with E-state index in [1.807, 2.05) is 6.92 Å². The van der Waals surface area contributed by atoms with Crippen LogP contribution in [0.25, 0.3) is 0 Å². The Kier molecular flexibility index (Phi) is 4.38. The molecule has 0 amide bonds. The highest BCUT2D eigenvalue weighted by molar-refractivity contribution is 6.19. The van der Waals surface area contributed by atoms with Gasteiger partial charge >= 0.3 is 0 Å². The number of rotatable bonds is 3. The van der Waals surface area contributed by atoms with Crippen LogP contribution in [0.1, 0.15) is 39.5 Å². The van der Waals surface area contributed by atoms with E-state index in [1.54, 1.807) is 0 Å². The summed E-state index contributed by atoms with van der Waals surface area (Å²) < 4.78 is 5.38. The predicted molar refractivity (Wildman–Crippen MR) is 52.4 cm³/mol. The van der Waals surface area contributed by atoms with Crippen LogP contribution in [0.4, 0.5) is 0 Å². The minimum atomic E-state index is -0.121. The molecule has 1 aliphatic carbocycles. The Bertz CT molecular complexity index is 117. The minimum absolute atomic E-state index is 0.121. The number of hydrogen-bond acceptors (Lipinski definition) is 1. The molecule has 12 heavy (non-hydrogen) atoms. The van der Waals surface area contributed by atoms with Crippen molar-refractivity contribution in [3.63, 3.8) is 0 Å². The molecule has 1 atom stereocenters. The zero-order valence-corrected chi connectivity index (χ0v) is 8.81. The summed E-state index contributed by atoms with van der Waals surface area (Å²) >= 11 is 5.70. The Labute approximate surface area is 80.4 Å². The largest absolute Gasteiger partial charge is 0.363 e. The molecule has 0 N–H and O–H groups in total. The van der Waals surface area contributed by atoms with Crippen molar-refractivity contribution in [3.8, 4) is 0 Å². The van der Waals surface area contributed by atoms with Crippen LogP contribution in [0, 0.1) is 11.8 Å². The average Bonchev–Trinajstić information content (AvgIpc) is 2.03. The van der Waals surface area contributed by atoms with Gasteiger partial charge in [-0.2, -0.15) is 0 Å². The first-order valence-electron chi connectivity index (χ1n) is 4.94. The Morgan fingerprint density at radius 1 is 1.33 bits per heavy atom. The second-order valence-corrected chi connectivity index (χ2v) is 4.62. The lowest BCUT2D eigenvalue weighted by atomic mass is 9.83. The van der Waals surface area contributed by atoms with E-state index in [9.17, 15) is 0 Å². The van der Waals surface area contributed by atoms with Crippen molar-refractivity contribution in [2.75, 3.05) is 6.61 Å². The molecule has 1 nitrogen and oxygen atoms in total. The van der Waals surface area contributed by atoms with E-state index in [2.05, 4.69) is 6.92 Å². The van der Waals surface area contributed by atoms with Crippen molar-refractivity contribution in [1.29, 1.82) is 0 Å². The van der Waals surface area contributed by atoms with Gasteiger partial charge in [-0.3, -0.25) is 0 Å². The monoisotopic (exact) mass is 190 g/mol. The third-order valence-corrected chi connectivity index (χ3v) is 2.82. The first-order valence-corrected chi connectivity index (χ1v) is 5.37. The van der Waals surface area contributed by atoms with Gasteiger partial charge < -0.3 is 4.74 Å². The summed E-state index contributed by atoms with van der Waals surface area (Å²) in [5, 5.41) is 0. The molecule has 0 bridgehead atoms. The van der Waals surface area contributed by atoms with Crippen molar-refractivity contribution < 1.29 is 4.74 Å². The topological polar surface area (TPSA) is 9.23 Å². The lowest BCUT2D eigenvalue weighted by molar-refractivity contribution is 0.0676. The molecule has 0 aliphatic heterocycles. The average molecular weight is 191 g/mol. The molecule has 0 radical (unpaired) electrons. The Hall–Kier alpha value is 0.250. The summed E-state index contributed by atoms with van der Waals surface area (Å²) in [6.45, 7) is 5.08. The van der Waals surface area contributed by atoms with Gasteiger partial charge in [0.2, 0.25) is 0 Å². The number of hydrogen-bond donors (Lipinski definition) is 0. The highest BCUT2D eigenvalue weighted by Crippen LogP contribution is 2.28. The van der Waals surface area contributed by atoms with E-state index in [4.69, 9.17) is 16.3 Å². The summed E-state index contributed by atoms with van der Waals surface area (Å²) in [6, 6.07) is 0. The predicted octanol–water partition coefficient (Wildman–Crippen LogP) is 3.41. The molecule has 1 unspecified atom stereocenters. The summed E-state index contributed by atoms with van der Waals surface area (Å²) in [6.07, 6.45) is 5.38. The zero-order valence-electron chi connectivity index (χ0n) is 8.05. The molecule has 1 fully saturated rings. The van der Waals surface area contributed by atoms with Gasteiger partial charge in [0.25, 0.3) is 0 Å². The Morgan fingerprint density at radius 2 is 1.92 bits per heavy atom. The molecule has 0 saturated heterocycles. The van der Waals surface area contributed by atoms with Crippen LogP contribution < -0.4 is 0 Å². The summed E-state index contributed by atoms with van der Waals surface area (Å²) in [5.41, 5.74) is -0.121. The first-order chi connectivity index (χ1) is 5.68. The van der Waals surface area contributed by atoms with E-state index in [1.165, 1.54) is 25.7 Å². The first kappa shape index (κ1) is 10.3. The van der Waals surface area contributed by atoms with E-state index < -0.39 is 0 Å². The second kappa shape index (κ2) is 5.08. The molecule has 0 heterocycles. The molecule has 72 valence electrons. The molecule has 1 rings (SSSR count). The lowest BCUT2D eigenvalue weighted by Gasteiger charge is -2.26. The molecule has 1 saturated carbocycles. The quantitative estimate of drug-likeness (QED) is 0.620. The van der Waals surface area contributed by atoms with Crippen LogP contribution in [0.15, 0.2) is 0 Å². The Balaban J connectivity index is 2.09. The maximum Gasteiger partial charge on any atom is 0.128 e. The zero-order chi connectivity index (χ0) is 8.97. The summed E-state index contributed by atoms with van der Waals surface area (Å²) in [5.74, 6) is 1.69. The van der Waals surface area contributed by atoms with E-state index in [-0.39, 0.29) is 5.56 Å². The van der Waals surface area contributed by atoms with Gasteiger partial charge in [0.1, 0.15) is 5.56 Å². The van der Waals surface area contributed by atoms with E-state index >= 15 is 0 Å². The fraction of sp³-hybridized carbons (Fsp3) is 1.00. The molecular formula is C10H19ClO. The molecule has 2 heteroatoms. The van der Waals surface area contributed by atoms with Crippen molar-refractivity contribution in [2.45, 2.75) is 45.1 Å². The highest BCUT2D eigenvalue weighted by atomic mass is 35.5. The molecule has 0 aromatic carbocycles. The van der Waals surface area contributed by atoms with Crippen LogP contribution >= 0.6 is 11.6 Å². The number of alkyl halides is 1. The van der Waals surface area contributed by atoms with Gasteiger partial charge in [0.05, 0.1) is 6.61 Å². The molecule has 1 aliphatic rings. The van der Waals surface area contributed by atoms with Crippen LogP contribution in [-0.2, 0) is 4.74 Å². The fourth-order valence-corrected chi connectivity index (χ4v) is 1.84. The van der Waals surface area contributed by atoms with Crippen LogP contribution in [0.3, 0.4) is 0 Å². The van der Waals surface area contributed by atoms with Gasteiger partial charge in [-0.15, -0.1) is 0 Å². The molecular weight excluding hydrogens is 172 g/mol. The third kappa shape index (κ3) is 3.77. The molecule has 0 aromatic heterocycles. The van der Waals surface area contributed by atoms with Gasteiger partial charge in [0, 0.05) is 0 Å².